The van der Waals surface area contributed by atoms with Crippen LogP contribution in [0, 0.1) is 0 Å². The molecule has 1 amide bonds. The van der Waals surface area contributed by atoms with Gasteiger partial charge in [-0.05, 0) is 71.1 Å². The number of hydrazone groups is 1. The van der Waals surface area contributed by atoms with E-state index in [1.54, 1.807) is 20.4 Å². The van der Waals surface area contributed by atoms with Crippen molar-refractivity contribution in [3.8, 4) is 11.5 Å². The highest BCUT2D eigenvalue weighted by molar-refractivity contribution is 7.22. The number of carbonyl (C=O) groups excluding carboxylic acids is 1. The number of anilines is 1. The molecule has 1 heterocycles. The van der Waals surface area contributed by atoms with E-state index in [0.29, 0.717) is 10.7 Å². The van der Waals surface area contributed by atoms with Crippen molar-refractivity contribution in [2.24, 2.45) is 5.10 Å². The zero-order valence-corrected chi connectivity index (χ0v) is 20.7. The Morgan fingerprint density at radius 1 is 0.941 bits per heavy atom. The smallest absolute Gasteiger partial charge is 0.280 e. The van der Waals surface area contributed by atoms with Crippen molar-refractivity contribution >= 4 is 38.8 Å². The van der Waals surface area contributed by atoms with Crippen LogP contribution in [-0.4, -0.2) is 31.3 Å². The highest BCUT2D eigenvalue weighted by Crippen LogP contribution is 2.32. The molecule has 0 unspecified atom stereocenters. The van der Waals surface area contributed by atoms with E-state index in [9.17, 15) is 4.79 Å². The summed E-state index contributed by atoms with van der Waals surface area (Å²) in [6.45, 7) is 6.43. The normalized spacial score (nSPS) is 11.7. The van der Waals surface area contributed by atoms with E-state index < -0.39 is 0 Å². The molecule has 0 aliphatic rings. The minimum absolute atomic E-state index is 0.000128. The Labute approximate surface area is 203 Å². The highest BCUT2D eigenvalue weighted by Gasteiger charge is 2.22. The van der Waals surface area contributed by atoms with Crippen LogP contribution < -0.4 is 14.5 Å². The number of aromatic nitrogens is 1. The molecule has 0 saturated heterocycles. The summed E-state index contributed by atoms with van der Waals surface area (Å²) in [6.07, 6.45) is 1.65. The molecule has 0 radical (unpaired) electrons. The van der Waals surface area contributed by atoms with Crippen LogP contribution in [0.4, 0.5) is 5.13 Å². The molecular formula is C27H27N3O3S. The number of nitrogens with zero attached hydrogens (tertiary/aromatic N) is 3. The van der Waals surface area contributed by atoms with Gasteiger partial charge in [0.15, 0.2) is 0 Å². The second-order valence-corrected chi connectivity index (χ2v) is 9.80. The minimum Gasteiger partial charge on any atom is -0.497 e. The Balaban J connectivity index is 1.72. The van der Waals surface area contributed by atoms with Gasteiger partial charge in [-0.2, -0.15) is 10.1 Å². The fourth-order valence-corrected chi connectivity index (χ4v) is 4.30. The van der Waals surface area contributed by atoms with Gasteiger partial charge in [-0.15, -0.1) is 0 Å². The van der Waals surface area contributed by atoms with Crippen molar-refractivity contribution in [3.63, 3.8) is 0 Å². The lowest BCUT2D eigenvalue weighted by Gasteiger charge is -2.19. The number of thiazole rings is 1. The van der Waals surface area contributed by atoms with Gasteiger partial charge in [0, 0.05) is 5.56 Å². The quantitative estimate of drug-likeness (QED) is 0.244. The molecule has 0 atom stereocenters. The van der Waals surface area contributed by atoms with Crippen LogP contribution in [0.25, 0.3) is 10.2 Å². The van der Waals surface area contributed by atoms with E-state index in [1.165, 1.54) is 16.3 Å². The van der Waals surface area contributed by atoms with E-state index in [0.717, 1.165) is 32.8 Å². The third-order valence-electron chi connectivity index (χ3n) is 5.39. The average Bonchev–Trinajstić information content (AvgIpc) is 3.26. The molecule has 34 heavy (non-hydrogen) atoms. The summed E-state index contributed by atoms with van der Waals surface area (Å²) in [7, 11) is 3.25. The predicted molar refractivity (Wildman–Crippen MR) is 139 cm³/mol. The minimum atomic E-state index is -0.253. The maximum absolute atomic E-state index is 13.6. The number of benzene rings is 3. The van der Waals surface area contributed by atoms with Crippen molar-refractivity contribution in [2.45, 2.75) is 26.2 Å². The lowest BCUT2D eigenvalue weighted by Crippen LogP contribution is -2.25. The molecule has 0 saturated carbocycles. The number of methoxy groups -OCH3 is 2. The monoisotopic (exact) mass is 473 g/mol. The summed E-state index contributed by atoms with van der Waals surface area (Å²) in [5.74, 6) is 1.24. The number of amides is 1. The van der Waals surface area contributed by atoms with Gasteiger partial charge in [-0.25, -0.2) is 4.98 Å². The second-order valence-electron chi connectivity index (χ2n) is 8.79. The molecule has 1 aromatic heterocycles. The Kier molecular flexibility index (Phi) is 6.65. The Morgan fingerprint density at radius 2 is 1.59 bits per heavy atom. The summed E-state index contributed by atoms with van der Waals surface area (Å²) in [5, 5.41) is 6.38. The predicted octanol–water partition coefficient (Wildman–Crippen LogP) is 6.29. The van der Waals surface area contributed by atoms with Gasteiger partial charge in [-0.3, -0.25) is 4.79 Å². The molecule has 0 aliphatic carbocycles. The fraction of sp³-hybridized carbons (Fsp3) is 0.222. The molecule has 0 bridgehead atoms. The molecule has 0 spiro atoms. The molecule has 4 aromatic rings. The first-order chi connectivity index (χ1) is 16.3. The van der Waals surface area contributed by atoms with E-state index >= 15 is 0 Å². The van der Waals surface area contributed by atoms with E-state index in [-0.39, 0.29) is 11.3 Å². The zero-order valence-electron chi connectivity index (χ0n) is 19.9. The fourth-order valence-electron chi connectivity index (χ4n) is 3.35. The van der Waals surface area contributed by atoms with Crippen molar-refractivity contribution < 1.29 is 14.3 Å². The van der Waals surface area contributed by atoms with Gasteiger partial charge in [-0.1, -0.05) is 44.2 Å². The second kappa shape index (κ2) is 9.65. The third-order valence-corrected chi connectivity index (χ3v) is 6.39. The number of ether oxygens (including phenoxy) is 2. The highest BCUT2D eigenvalue weighted by atomic mass is 32.1. The molecular weight excluding hydrogens is 446 g/mol. The van der Waals surface area contributed by atoms with Crippen LogP contribution in [0.5, 0.6) is 11.5 Å². The molecule has 0 N–H and O–H groups in total. The lowest BCUT2D eigenvalue weighted by atomic mass is 9.87. The summed E-state index contributed by atoms with van der Waals surface area (Å²) in [5.41, 5.74) is 3.31. The van der Waals surface area contributed by atoms with Gasteiger partial charge < -0.3 is 9.47 Å². The van der Waals surface area contributed by atoms with Gasteiger partial charge in [0.25, 0.3) is 5.91 Å². The molecule has 174 valence electrons. The molecule has 6 nitrogen and oxygen atoms in total. The van der Waals surface area contributed by atoms with Gasteiger partial charge in [0.05, 0.1) is 30.7 Å². The summed E-state index contributed by atoms with van der Waals surface area (Å²) < 4.78 is 11.5. The van der Waals surface area contributed by atoms with Gasteiger partial charge in [0.1, 0.15) is 11.5 Å². The van der Waals surface area contributed by atoms with Crippen LogP contribution >= 0.6 is 11.3 Å². The van der Waals surface area contributed by atoms with E-state index in [4.69, 9.17) is 9.47 Å². The van der Waals surface area contributed by atoms with Crippen molar-refractivity contribution in [1.29, 1.82) is 0 Å². The molecule has 0 fully saturated rings. The number of hydrogen-bond acceptors (Lipinski definition) is 6. The van der Waals surface area contributed by atoms with Crippen molar-refractivity contribution in [2.75, 3.05) is 19.2 Å². The standard InChI is InChI=1S/C27H27N3O3S/c1-27(2,3)20-10-8-19(9-11-20)25(31)30(28-17-18-6-12-21(32-4)13-7-18)26-29-23-15-14-22(33-5)16-24(23)34-26/h6-17H,1-5H3/b28-17+. The van der Waals surface area contributed by atoms with Crippen LogP contribution in [0.2, 0.25) is 0 Å². The first kappa shape index (κ1) is 23.4. The van der Waals surface area contributed by atoms with E-state index in [1.807, 2.05) is 66.7 Å². The average molecular weight is 474 g/mol. The summed E-state index contributed by atoms with van der Waals surface area (Å²) in [6, 6.07) is 20.8. The third kappa shape index (κ3) is 5.10. The maximum Gasteiger partial charge on any atom is 0.280 e. The van der Waals surface area contributed by atoms with Crippen LogP contribution in [0.1, 0.15) is 42.3 Å². The van der Waals surface area contributed by atoms with Crippen LogP contribution in [-0.2, 0) is 5.41 Å². The lowest BCUT2D eigenvalue weighted by molar-refractivity contribution is 0.0988. The first-order valence-electron chi connectivity index (χ1n) is 10.9. The number of rotatable bonds is 6. The number of hydrogen-bond donors (Lipinski definition) is 0. The summed E-state index contributed by atoms with van der Waals surface area (Å²) in [4.78, 5) is 18.2. The van der Waals surface area contributed by atoms with Crippen LogP contribution in [0.3, 0.4) is 0 Å². The molecule has 0 aliphatic heterocycles. The number of carbonyl (C=O) groups is 1. The Morgan fingerprint density at radius 3 is 2.21 bits per heavy atom. The van der Waals surface area contributed by atoms with Crippen LogP contribution in [0.15, 0.2) is 71.8 Å². The zero-order chi connectivity index (χ0) is 24.3. The summed E-state index contributed by atoms with van der Waals surface area (Å²) >= 11 is 1.39. The first-order valence-corrected chi connectivity index (χ1v) is 11.7. The molecule has 4 rings (SSSR count). The molecule has 3 aromatic carbocycles. The van der Waals surface area contributed by atoms with Crippen molar-refractivity contribution in [1.82, 2.24) is 4.98 Å². The van der Waals surface area contributed by atoms with Crippen molar-refractivity contribution in [3.05, 3.63) is 83.4 Å². The van der Waals surface area contributed by atoms with Gasteiger partial charge in [0.2, 0.25) is 5.13 Å². The van der Waals surface area contributed by atoms with Gasteiger partial charge >= 0.3 is 0 Å². The topological polar surface area (TPSA) is 64.0 Å². The molecule has 7 heteroatoms. The maximum atomic E-state index is 13.6. The SMILES string of the molecule is COc1ccc(/C=N/N(C(=O)c2ccc(C(C)(C)C)cc2)c2nc3ccc(OC)cc3s2)cc1. The largest absolute Gasteiger partial charge is 0.497 e. The Bertz CT molecular complexity index is 1320. The van der Waals surface area contributed by atoms with E-state index in [2.05, 4.69) is 30.9 Å². The Hall–Kier alpha value is -3.71. The number of fused-ring (bicyclic) bond motifs is 1.